The molecule has 1 aliphatic heterocycles. The van der Waals surface area contributed by atoms with Crippen molar-refractivity contribution in [2.45, 2.75) is 31.9 Å². The molecule has 1 saturated heterocycles. The van der Waals surface area contributed by atoms with E-state index in [1.54, 1.807) is 0 Å². The highest BCUT2D eigenvalue weighted by atomic mass is 16.5. The van der Waals surface area contributed by atoms with E-state index in [9.17, 15) is 9.59 Å². The number of hydrogen-bond acceptors (Lipinski definition) is 3. The summed E-state index contributed by atoms with van der Waals surface area (Å²) in [7, 11) is 0. The van der Waals surface area contributed by atoms with Crippen LogP contribution in [0.5, 0.6) is 0 Å². The minimum atomic E-state index is -0.394. The molecular formula is C15H20N2O3. The van der Waals surface area contributed by atoms with Crippen molar-refractivity contribution in [1.29, 1.82) is 0 Å². The van der Waals surface area contributed by atoms with Crippen molar-refractivity contribution < 1.29 is 14.3 Å². The lowest BCUT2D eigenvalue weighted by atomic mass is 10.1. The van der Waals surface area contributed by atoms with Crippen molar-refractivity contribution in [2.24, 2.45) is 0 Å². The summed E-state index contributed by atoms with van der Waals surface area (Å²) in [5.74, 6) is -0.405. The Labute approximate surface area is 118 Å². The Bertz CT molecular complexity index is 455. The van der Waals surface area contributed by atoms with Crippen LogP contribution in [-0.2, 0) is 14.3 Å². The van der Waals surface area contributed by atoms with Crippen LogP contribution >= 0.6 is 0 Å². The number of rotatable bonds is 5. The van der Waals surface area contributed by atoms with E-state index < -0.39 is 6.10 Å². The first-order valence-corrected chi connectivity index (χ1v) is 6.90. The van der Waals surface area contributed by atoms with E-state index in [4.69, 9.17) is 4.74 Å². The number of nitrogens with one attached hydrogen (secondary N) is 2. The third-order valence-electron chi connectivity index (χ3n) is 3.32. The highest BCUT2D eigenvalue weighted by Crippen LogP contribution is 2.12. The normalized spacial score (nSPS) is 19.4. The van der Waals surface area contributed by atoms with Gasteiger partial charge in [0.1, 0.15) is 6.10 Å². The Morgan fingerprint density at radius 3 is 2.75 bits per heavy atom. The first-order chi connectivity index (χ1) is 9.66. The van der Waals surface area contributed by atoms with E-state index in [0.717, 1.165) is 18.4 Å². The van der Waals surface area contributed by atoms with Crippen LogP contribution < -0.4 is 10.6 Å². The fourth-order valence-corrected chi connectivity index (χ4v) is 2.18. The summed E-state index contributed by atoms with van der Waals surface area (Å²) >= 11 is 0. The lowest BCUT2D eigenvalue weighted by molar-refractivity contribution is -0.132. The summed E-state index contributed by atoms with van der Waals surface area (Å²) < 4.78 is 5.25. The molecule has 5 heteroatoms. The van der Waals surface area contributed by atoms with Crippen LogP contribution in [0.4, 0.5) is 0 Å². The molecule has 2 N–H and O–H groups in total. The highest BCUT2D eigenvalue weighted by molar-refractivity contribution is 5.87. The van der Waals surface area contributed by atoms with Crippen molar-refractivity contribution >= 4 is 11.8 Å². The Kier molecular flexibility index (Phi) is 5.12. The van der Waals surface area contributed by atoms with Gasteiger partial charge in [0.05, 0.1) is 12.6 Å². The van der Waals surface area contributed by atoms with Gasteiger partial charge in [-0.25, -0.2) is 0 Å². The van der Waals surface area contributed by atoms with Gasteiger partial charge in [-0.1, -0.05) is 30.3 Å². The summed E-state index contributed by atoms with van der Waals surface area (Å²) in [6, 6.07) is 9.61. The Balaban J connectivity index is 1.73. The van der Waals surface area contributed by atoms with Crippen molar-refractivity contribution in [1.82, 2.24) is 10.6 Å². The molecule has 1 aromatic rings. The molecule has 0 saturated carbocycles. The van der Waals surface area contributed by atoms with Crippen LogP contribution in [0.3, 0.4) is 0 Å². The Hall–Kier alpha value is -1.88. The third kappa shape index (κ3) is 4.06. The maximum Gasteiger partial charge on any atom is 0.249 e. The first kappa shape index (κ1) is 14.5. The van der Waals surface area contributed by atoms with E-state index in [2.05, 4.69) is 10.6 Å². The van der Waals surface area contributed by atoms with Crippen LogP contribution in [0.2, 0.25) is 0 Å². The van der Waals surface area contributed by atoms with E-state index >= 15 is 0 Å². The molecule has 1 aromatic carbocycles. The molecule has 20 heavy (non-hydrogen) atoms. The monoisotopic (exact) mass is 276 g/mol. The lowest BCUT2D eigenvalue weighted by Crippen LogP contribution is -2.41. The van der Waals surface area contributed by atoms with Gasteiger partial charge in [0.15, 0.2) is 0 Å². The molecule has 1 fully saturated rings. The molecule has 1 heterocycles. The maximum atomic E-state index is 11.8. The average Bonchev–Trinajstić information content (AvgIpc) is 3.00. The number of hydrogen-bond donors (Lipinski definition) is 2. The average molecular weight is 276 g/mol. The van der Waals surface area contributed by atoms with Crippen molar-refractivity contribution in [3.63, 3.8) is 0 Å². The second-order valence-electron chi connectivity index (χ2n) is 4.92. The number of amides is 2. The second-order valence-corrected chi connectivity index (χ2v) is 4.92. The number of carbonyl (C=O) groups is 2. The lowest BCUT2D eigenvalue weighted by Gasteiger charge is -2.15. The minimum Gasteiger partial charge on any atom is -0.368 e. The van der Waals surface area contributed by atoms with Crippen LogP contribution in [-0.4, -0.2) is 31.1 Å². The predicted molar refractivity (Wildman–Crippen MR) is 75.0 cm³/mol. The van der Waals surface area contributed by atoms with Gasteiger partial charge in [-0.3, -0.25) is 9.59 Å². The van der Waals surface area contributed by atoms with Crippen LogP contribution in [0, 0.1) is 0 Å². The van der Waals surface area contributed by atoms with Gasteiger partial charge >= 0.3 is 0 Å². The standard InChI is InChI=1S/C15H20N2O3/c1-11(12-6-3-2-4-7-12)17-14(18)10-16-15(19)13-8-5-9-20-13/h2-4,6-7,11,13H,5,8-10H2,1H3,(H,16,19)(H,17,18). The molecule has 0 aliphatic carbocycles. The minimum absolute atomic E-state index is 0.0180. The molecule has 0 spiro atoms. The van der Waals surface area contributed by atoms with Crippen LogP contribution in [0.25, 0.3) is 0 Å². The molecule has 5 nitrogen and oxygen atoms in total. The SMILES string of the molecule is CC(NC(=O)CNC(=O)C1CCCO1)c1ccccc1. The van der Waals surface area contributed by atoms with Crippen LogP contribution in [0.1, 0.15) is 31.4 Å². The largest absolute Gasteiger partial charge is 0.368 e. The summed E-state index contributed by atoms with van der Waals surface area (Å²) in [4.78, 5) is 23.5. The molecular weight excluding hydrogens is 256 g/mol. The predicted octanol–water partition coefficient (Wildman–Crippen LogP) is 1.16. The van der Waals surface area contributed by atoms with Crippen molar-refractivity contribution in [3.05, 3.63) is 35.9 Å². The van der Waals surface area contributed by atoms with Gasteiger partial charge in [0.2, 0.25) is 11.8 Å². The molecule has 108 valence electrons. The summed E-state index contributed by atoms with van der Waals surface area (Å²) in [5, 5.41) is 5.45. The van der Waals surface area contributed by atoms with Crippen LogP contribution in [0.15, 0.2) is 30.3 Å². The molecule has 0 aromatic heterocycles. The molecule has 0 radical (unpaired) electrons. The topological polar surface area (TPSA) is 67.4 Å². The zero-order valence-corrected chi connectivity index (χ0v) is 11.6. The van der Waals surface area contributed by atoms with Gasteiger partial charge in [0.25, 0.3) is 0 Å². The molecule has 1 aliphatic rings. The van der Waals surface area contributed by atoms with Gasteiger partial charge in [0, 0.05) is 6.61 Å². The number of benzene rings is 1. The zero-order chi connectivity index (χ0) is 14.4. The summed E-state index contributed by atoms with van der Waals surface area (Å²) in [6.07, 6.45) is 1.23. The quantitative estimate of drug-likeness (QED) is 0.848. The van der Waals surface area contributed by atoms with E-state index in [1.807, 2.05) is 37.3 Å². The fraction of sp³-hybridized carbons (Fsp3) is 0.467. The van der Waals surface area contributed by atoms with Gasteiger partial charge in [-0.15, -0.1) is 0 Å². The molecule has 2 rings (SSSR count). The second kappa shape index (κ2) is 7.05. The first-order valence-electron chi connectivity index (χ1n) is 6.90. The van der Waals surface area contributed by atoms with Crippen molar-refractivity contribution in [3.8, 4) is 0 Å². The Morgan fingerprint density at radius 1 is 1.35 bits per heavy atom. The molecule has 0 bridgehead atoms. The zero-order valence-electron chi connectivity index (χ0n) is 11.6. The molecule has 2 unspecified atom stereocenters. The van der Waals surface area contributed by atoms with Gasteiger partial charge < -0.3 is 15.4 Å². The van der Waals surface area contributed by atoms with E-state index in [-0.39, 0.29) is 24.4 Å². The smallest absolute Gasteiger partial charge is 0.249 e. The Morgan fingerprint density at radius 2 is 2.10 bits per heavy atom. The maximum absolute atomic E-state index is 11.8. The van der Waals surface area contributed by atoms with E-state index in [0.29, 0.717) is 6.61 Å². The van der Waals surface area contributed by atoms with E-state index in [1.165, 1.54) is 0 Å². The van der Waals surface area contributed by atoms with Crippen molar-refractivity contribution in [2.75, 3.05) is 13.2 Å². The highest BCUT2D eigenvalue weighted by Gasteiger charge is 2.23. The molecule has 2 atom stereocenters. The fourth-order valence-electron chi connectivity index (χ4n) is 2.18. The third-order valence-corrected chi connectivity index (χ3v) is 3.32. The van der Waals surface area contributed by atoms with Gasteiger partial charge in [-0.05, 0) is 25.3 Å². The summed E-state index contributed by atoms with van der Waals surface area (Å²) in [6.45, 7) is 2.51. The summed E-state index contributed by atoms with van der Waals surface area (Å²) in [5.41, 5.74) is 1.03. The number of ether oxygens (including phenoxy) is 1. The molecule has 2 amide bonds. The number of carbonyl (C=O) groups excluding carboxylic acids is 2. The van der Waals surface area contributed by atoms with Gasteiger partial charge in [-0.2, -0.15) is 0 Å².